The Labute approximate surface area is 336 Å². The summed E-state index contributed by atoms with van der Waals surface area (Å²) < 4.78 is 12.4. The van der Waals surface area contributed by atoms with Crippen LogP contribution in [0.25, 0.3) is 10.9 Å². The maximum atomic E-state index is 13.6. The molecule has 5 aromatic rings. The molecule has 6 rings (SSSR count). The van der Waals surface area contributed by atoms with Crippen LogP contribution in [0.3, 0.4) is 0 Å². The summed E-state index contributed by atoms with van der Waals surface area (Å²) >= 11 is 0. The number of phenolic OH excluding ortho intramolecular Hbond substituents is 1. The number of fused-ring (bicyclic) bond motifs is 1. The van der Waals surface area contributed by atoms with Crippen LogP contribution in [-0.4, -0.2) is 66.7 Å². The Morgan fingerprint density at radius 3 is 2.49 bits per heavy atom. The SMILES string of the molecule is CCC1CC[NH+](CCCCc2ccccc2)CC1OC(=O)NC(c1ccccc1)c1cccc(OCCCCCNCC(O)c2ccc(O)c3[nH]c(=O)ccc23)c1. The van der Waals surface area contributed by atoms with Crippen molar-refractivity contribution in [2.45, 2.75) is 76.5 Å². The second-order valence-electron chi connectivity index (χ2n) is 15.3. The molecular formula is C47H59N4O6+. The van der Waals surface area contributed by atoms with E-state index >= 15 is 0 Å². The average molecular weight is 776 g/mol. The van der Waals surface area contributed by atoms with E-state index in [2.05, 4.69) is 52.9 Å². The smallest absolute Gasteiger partial charge is 0.408 e. The molecule has 6 N–H and O–H groups in total. The summed E-state index contributed by atoms with van der Waals surface area (Å²) in [5.41, 5.74) is 3.95. The quantitative estimate of drug-likeness (QED) is 0.0489. The summed E-state index contributed by atoms with van der Waals surface area (Å²) in [5, 5.41) is 28.1. The van der Waals surface area contributed by atoms with Gasteiger partial charge in [0, 0.05) is 30.3 Å². The fourth-order valence-electron chi connectivity index (χ4n) is 8.00. The highest BCUT2D eigenvalue weighted by atomic mass is 16.6. The molecule has 4 aromatic carbocycles. The summed E-state index contributed by atoms with van der Waals surface area (Å²) in [6, 6.07) is 34.4. The number of amides is 1. The van der Waals surface area contributed by atoms with Crippen LogP contribution in [0.2, 0.25) is 0 Å². The van der Waals surface area contributed by atoms with Crippen LogP contribution in [-0.2, 0) is 11.2 Å². The molecule has 0 spiro atoms. The van der Waals surface area contributed by atoms with Gasteiger partial charge in [0.2, 0.25) is 5.56 Å². The first-order chi connectivity index (χ1) is 27.9. The van der Waals surface area contributed by atoms with Crippen LogP contribution in [0.1, 0.15) is 86.3 Å². The summed E-state index contributed by atoms with van der Waals surface area (Å²) in [7, 11) is 0. The molecule has 5 atom stereocenters. The van der Waals surface area contributed by atoms with Crippen LogP contribution >= 0.6 is 0 Å². The lowest BCUT2D eigenvalue weighted by Gasteiger charge is -2.35. The van der Waals surface area contributed by atoms with Crippen LogP contribution in [0, 0.1) is 5.92 Å². The molecule has 2 heterocycles. The zero-order chi connectivity index (χ0) is 39.8. The van der Waals surface area contributed by atoms with E-state index in [0.717, 1.165) is 94.4 Å². The maximum Gasteiger partial charge on any atom is 0.408 e. The lowest BCUT2D eigenvalue weighted by molar-refractivity contribution is -0.909. The van der Waals surface area contributed by atoms with Gasteiger partial charge in [-0.05, 0) is 98.0 Å². The van der Waals surface area contributed by atoms with Gasteiger partial charge >= 0.3 is 6.09 Å². The highest BCUT2D eigenvalue weighted by Crippen LogP contribution is 2.29. The number of aromatic hydroxyl groups is 1. The number of hydrogen-bond acceptors (Lipinski definition) is 7. The molecule has 1 saturated heterocycles. The monoisotopic (exact) mass is 775 g/mol. The molecule has 1 fully saturated rings. The number of ether oxygens (including phenoxy) is 2. The van der Waals surface area contributed by atoms with Crippen molar-refractivity contribution < 1.29 is 29.4 Å². The zero-order valence-electron chi connectivity index (χ0n) is 33.1. The van der Waals surface area contributed by atoms with Gasteiger partial charge in [-0.25, -0.2) is 4.79 Å². The summed E-state index contributed by atoms with van der Waals surface area (Å²) in [5.74, 6) is 1.08. The molecule has 1 amide bonds. The highest BCUT2D eigenvalue weighted by Gasteiger charge is 2.34. The minimum absolute atomic E-state index is 0.0263. The zero-order valence-corrected chi connectivity index (χ0v) is 33.1. The maximum absolute atomic E-state index is 13.6. The molecule has 0 bridgehead atoms. The topological polar surface area (TPSA) is 137 Å². The number of likely N-dealkylation sites (tertiary alicyclic amines) is 1. The number of unbranched alkanes of at least 4 members (excludes halogenated alkanes) is 3. The molecule has 0 saturated carbocycles. The van der Waals surface area contributed by atoms with Gasteiger partial charge in [-0.15, -0.1) is 0 Å². The first-order valence-corrected chi connectivity index (χ1v) is 20.7. The number of alkyl carbamates (subject to hydrolysis) is 1. The summed E-state index contributed by atoms with van der Waals surface area (Å²) in [6.07, 6.45) is 6.89. The lowest BCUT2D eigenvalue weighted by Crippen LogP contribution is -3.14. The lowest BCUT2D eigenvalue weighted by atomic mass is 9.91. The Morgan fingerprint density at radius 2 is 1.68 bits per heavy atom. The minimum atomic E-state index is -0.789. The molecule has 10 nitrogen and oxygen atoms in total. The van der Waals surface area contributed by atoms with E-state index in [1.54, 1.807) is 12.1 Å². The molecule has 0 aliphatic carbocycles. The first-order valence-electron chi connectivity index (χ1n) is 20.7. The van der Waals surface area contributed by atoms with Gasteiger partial charge in [-0.3, -0.25) is 4.79 Å². The second kappa shape index (κ2) is 21.4. The third-order valence-electron chi connectivity index (χ3n) is 11.2. The van der Waals surface area contributed by atoms with Crippen LogP contribution in [0.4, 0.5) is 4.79 Å². The van der Waals surface area contributed by atoms with Gasteiger partial charge in [0.1, 0.15) is 18.0 Å². The van der Waals surface area contributed by atoms with E-state index in [1.807, 2.05) is 54.6 Å². The van der Waals surface area contributed by atoms with Crippen molar-refractivity contribution >= 4 is 17.0 Å². The Bertz CT molecular complexity index is 2040. The number of aliphatic hydroxyl groups excluding tert-OH is 1. The number of hydrogen-bond donors (Lipinski definition) is 6. The predicted molar refractivity (Wildman–Crippen MR) is 225 cm³/mol. The van der Waals surface area contributed by atoms with E-state index in [0.29, 0.717) is 35.5 Å². The number of nitrogens with one attached hydrogen (secondary N) is 4. The number of H-pyrrole nitrogens is 1. The third-order valence-corrected chi connectivity index (χ3v) is 11.2. The predicted octanol–water partition coefficient (Wildman–Crippen LogP) is 6.63. The fourth-order valence-corrected chi connectivity index (χ4v) is 8.00. The van der Waals surface area contributed by atoms with Gasteiger partial charge in [0.15, 0.2) is 6.10 Å². The number of aryl methyl sites for hydroxylation is 1. The number of phenols is 1. The second-order valence-corrected chi connectivity index (χ2v) is 15.3. The number of carbonyl (C=O) groups excluding carboxylic acids is 1. The Morgan fingerprint density at radius 1 is 0.895 bits per heavy atom. The molecule has 5 unspecified atom stereocenters. The number of aromatic amines is 1. The van der Waals surface area contributed by atoms with E-state index in [4.69, 9.17) is 9.47 Å². The van der Waals surface area contributed by atoms with Crippen molar-refractivity contribution in [3.8, 4) is 11.5 Å². The van der Waals surface area contributed by atoms with Crippen molar-refractivity contribution in [2.75, 3.05) is 39.3 Å². The van der Waals surface area contributed by atoms with E-state index in [1.165, 1.54) is 22.6 Å². The first kappa shape index (κ1) is 41.5. The van der Waals surface area contributed by atoms with Gasteiger partial charge in [0.25, 0.3) is 0 Å². The highest BCUT2D eigenvalue weighted by molar-refractivity contribution is 5.87. The van der Waals surface area contributed by atoms with Gasteiger partial charge < -0.3 is 40.2 Å². The molecular weight excluding hydrogens is 717 g/mol. The van der Waals surface area contributed by atoms with Gasteiger partial charge in [-0.2, -0.15) is 0 Å². The number of benzene rings is 4. The van der Waals surface area contributed by atoms with Crippen molar-refractivity contribution in [2.24, 2.45) is 5.92 Å². The molecule has 1 aliphatic rings. The number of aliphatic hydroxyl groups is 1. The van der Waals surface area contributed by atoms with E-state index in [-0.39, 0.29) is 17.4 Å². The van der Waals surface area contributed by atoms with E-state index in [9.17, 15) is 19.8 Å². The Balaban J connectivity index is 0.952. The van der Waals surface area contributed by atoms with Crippen LogP contribution in [0.15, 0.2) is 114 Å². The standard InChI is InChI=1S/C47H58N4O6/c1-2-35-26-29-51(28-12-10-17-34-15-6-3-7-16-34)33-43(35)57-47(55)50-45(36-18-8-4-9-19-36)37-20-14-21-38(31-37)56-30-13-5-11-27-48-32-42(53)39-22-24-41(52)46-40(39)23-25-44(54)49-46/h3-4,6-9,14-16,18-25,31,35,42-43,45,48,52-53H,2,5,10-13,17,26-30,32-33H2,1H3,(H,49,54)(H,50,55)/p+1. The van der Waals surface area contributed by atoms with E-state index < -0.39 is 18.2 Å². The van der Waals surface area contributed by atoms with Crippen LogP contribution in [0.5, 0.6) is 11.5 Å². The molecule has 302 valence electrons. The number of quaternary nitrogens is 1. The largest absolute Gasteiger partial charge is 0.506 e. The number of carbonyl (C=O) groups is 1. The average Bonchev–Trinajstić information content (AvgIpc) is 3.23. The molecule has 1 aliphatic heterocycles. The number of rotatable bonds is 20. The molecule has 0 radical (unpaired) electrons. The van der Waals surface area contributed by atoms with Crippen molar-refractivity contribution in [3.05, 3.63) is 142 Å². The summed E-state index contributed by atoms with van der Waals surface area (Å²) in [6.45, 7) is 6.89. The minimum Gasteiger partial charge on any atom is -0.506 e. The van der Waals surface area contributed by atoms with Crippen molar-refractivity contribution in [3.63, 3.8) is 0 Å². The van der Waals surface area contributed by atoms with Crippen molar-refractivity contribution in [1.29, 1.82) is 0 Å². The Hall–Kier alpha value is -5.16. The fraction of sp³-hybridized carbons (Fsp3) is 0.404. The number of pyridine rings is 1. The van der Waals surface area contributed by atoms with Gasteiger partial charge in [-0.1, -0.05) is 85.8 Å². The molecule has 10 heteroatoms. The number of piperidine rings is 1. The van der Waals surface area contributed by atoms with Gasteiger partial charge in [0.05, 0.1) is 37.4 Å². The normalized spacial score (nSPS) is 17.8. The van der Waals surface area contributed by atoms with Crippen molar-refractivity contribution in [1.82, 2.24) is 15.6 Å². The summed E-state index contributed by atoms with van der Waals surface area (Å²) in [4.78, 5) is 29.5. The molecule has 1 aromatic heterocycles. The van der Waals surface area contributed by atoms with Crippen LogP contribution < -0.4 is 25.8 Å². The molecule has 57 heavy (non-hydrogen) atoms. The third kappa shape index (κ3) is 12.2. The number of aromatic nitrogens is 1. The Kier molecular flexibility index (Phi) is 15.6.